The van der Waals surface area contributed by atoms with Crippen LogP contribution in [0.4, 0.5) is 0 Å². The number of hydrogen-bond donors (Lipinski definition) is 2. The van der Waals surface area contributed by atoms with Crippen LogP contribution in [0.1, 0.15) is 30.2 Å². The predicted octanol–water partition coefficient (Wildman–Crippen LogP) is 2.60. The van der Waals surface area contributed by atoms with Crippen LogP contribution >= 0.6 is 27.3 Å². The molecule has 0 amide bonds. The van der Waals surface area contributed by atoms with E-state index in [1.165, 1.54) is 21.5 Å². The number of rotatable bonds is 5. The molecule has 0 bridgehead atoms. The van der Waals surface area contributed by atoms with Gasteiger partial charge in [-0.2, -0.15) is 0 Å². The molecule has 1 aromatic heterocycles. The molecule has 1 saturated heterocycles. The molecule has 3 N–H and O–H groups in total. The van der Waals surface area contributed by atoms with Gasteiger partial charge in [0.05, 0.1) is 9.83 Å². The lowest BCUT2D eigenvalue weighted by atomic mass is 9.94. The summed E-state index contributed by atoms with van der Waals surface area (Å²) in [5, 5.41) is 9.07. The highest BCUT2D eigenvalue weighted by atomic mass is 79.9. The van der Waals surface area contributed by atoms with Crippen molar-refractivity contribution in [2.45, 2.75) is 25.3 Å². The van der Waals surface area contributed by atoms with Gasteiger partial charge in [-0.1, -0.05) is 0 Å². The van der Waals surface area contributed by atoms with E-state index in [1.54, 1.807) is 11.3 Å². The number of hydrogen-bond acceptors (Lipinski definition) is 4. The van der Waals surface area contributed by atoms with E-state index >= 15 is 0 Å². The van der Waals surface area contributed by atoms with Gasteiger partial charge < -0.3 is 10.8 Å². The standard InChI is InChI=1S/C13H21BrN2OS/c14-13-4-3-12(18-13)11(8-15)16-6-1-2-10(9-16)5-7-17/h3-4,10-11,17H,1-2,5-9,15H2. The minimum absolute atomic E-state index is 0.302. The minimum Gasteiger partial charge on any atom is -0.396 e. The summed E-state index contributed by atoms with van der Waals surface area (Å²) in [7, 11) is 0. The fourth-order valence-electron chi connectivity index (χ4n) is 2.75. The zero-order chi connectivity index (χ0) is 13.0. The molecule has 0 saturated carbocycles. The Hall–Kier alpha value is 0.0600. The third-order valence-electron chi connectivity index (χ3n) is 3.67. The van der Waals surface area contributed by atoms with Gasteiger partial charge in [-0.15, -0.1) is 11.3 Å². The molecule has 1 fully saturated rings. The lowest BCUT2D eigenvalue weighted by molar-refractivity contribution is 0.111. The normalized spacial score (nSPS) is 23.2. The number of nitrogens with zero attached hydrogens (tertiary/aromatic N) is 1. The van der Waals surface area contributed by atoms with E-state index < -0.39 is 0 Å². The van der Waals surface area contributed by atoms with Gasteiger partial charge in [0, 0.05) is 24.6 Å². The van der Waals surface area contributed by atoms with Crippen molar-refractivity contribution in [2.75, 3.05) is 26.2 Å². The summed E-state index contributed by atoms with van der Waals surface area (Å²) in [5.74, 6) is 0.626. The Morgan fingerprint density at radius 1 is 1.56 bits per heavy atom. The molecule has 1 aromatic rings. The van der Waals surface area contributed by atoms with Crippen LogP contribution in [0, 0.1) is 5.92 Å². The Kier molecular flexibility index (Phi) is 5.63. The van der Waals surface area contributed by atoms with Crippen molar-refractivity contribution in [3.05, 3.63) is 20.8 Å². The van der Waals surface area contributed by atoms with Crippen molar-refractivity contribution in [2.24, 2.45) is 11.7 Å². The summed E-state index contributed by atoms with van der Waals surface area (Å²) in [5.41, 5.74) is 5.96. The maximum atomic E-state index is 9.07. The van der Waals surface area contributed by atoms with Gasteiger partial charge in [0.15, 0.2) is 0 Å². The maximum absolute atomic E-state index is 9.07. The Morgan fingerprint density at radius 2 is 2.39 bits per heavy atom. The third-order valence-corrected chi connectivity index (χ3v) is 5.40. The van der Waals surface area contributed by atoms with E-state index in [0.29, 0.717) is 25.1 Å². The van der Waals surface area contributed by atoms with E-state index in [-0.39, 0.29) is 0 Å². The Morgan fingerprint density at radius 3 is 3.00 bits per heavy atom. The molecule has 0 spiro atoms. The largest absolute Gasteiger partial charge is 0.396 e. The van der Waals surface area contributed by atoms with Crippen LogP contribution in [0.2, 0.25) is 0 Å². The number of nitrogens with two attached hydrogens (primary N) is 1. The summed E-state index contributed by atoms with van der Waals surface area (Å²) in [6.07, 6.45) is 3.37. The summed E-state index contributed by atoms with van der Waals surface area (Å²) in [6, 6.07) is 4.60. The molecule has 2 atom stereocenters. The van der Waals surface area contributed by atoms with Crippen LogP contribution in [0.5, 0.6) is 0 Å². The van der Waals surface area contributed by atoms with Crippen molar-refractivity contribution in [1.82, 2.24) is 4.90 Å². The first-order valence-corrected chi connectivity index (χ1v) is 8.15. The zero-order valence-electron chi connectivity index (χ0n) is 10.5. The first-order valence-electron chi connectivity index (χ1n) is 6.54. The predicted molar refractivity (Wildman–Crippen MR) is 79.8 cm³/mol. The van der Waals surface area contributed by atoms with E-state index in [9.17, 15) is 0 Å². The van der Waals surface area contributed by atoms with Crippen LogP contribution in [-0.2, 0) is 0 Å². The number of aliphatic hydroxyl groups excluding tert-OH is 1. The third kappa shape index (κ3) is 3.54. The fourth-order valence-corrected chi connectivity index (χ4v) is 4.32. The van der Waals surface area contributed by atoms with Gasteiger partial charge in [0.2, 0.25) is 0 Å². The van der Waals surface area contributed by atoms with Crippen molar-refractivity contribution >= 4 is 27.3 Å². The summed E-state index contributed by atoms with van der Waals surface area (Å²) in [6.45, 7) is 3.16. The molecular formula is C13H21BrN2OS. The van der Waals surface area contributed by atoms with Gasteiger partial charge >= 0.3 is 0 Å². The lowest BCUT2D eigenvalue weighted by Gasteiger charge is -2.37. The van der Waals surface area contributed by atoms with Crippen LogP contribution < -0.4 is 5.73 Å². The Bertz CT molecular complexity index is 370. The molecule has 0 aliphatic carbocycles. The smallest absolute Gasteiger partial charge is 0.0702 e. The van der Waals surface area contributed by atoms with Gasteiger partial charge in [0.1, 0.15) is 0 Å². The summed E-state index contributed by atoms with van der Waals surface area (Å²) >= 11 is 5.29. The van der Waals surface area contributed by atoms with E-state index in [1.807, 2.05) is 0 Å². The van der Waals surface area contributed by atoms with Crippen LogP contribution in [0.25, 0.3) is 0 Å². The Balaban J connectivity index is 2.03. The second kappa shape index (κ2) is 7.01. The first kappa shape index (κ1) is 14.5. The van der Waals surface area contributed by atoms with Crippen LogP contribution in [-0.4, -0.2) is 36.2 Å². The highest BCUT2D eigenvalue weighted by Crippen LogP contribution is 2.33. The molecule has 3 nitrogen and oxygen atoms in total. The summed E-state index contributed by atoms with van der Waals surface area (Å²) in [4.78, 5) is 3.83. The number of piperidine rings is 1. The van der Waals surface area contributed by atoms with Gasteiger partial charge in [0.25, 0.3) is 0 Å². The quantitative estimate of drug-likeness (QED) is 0.871. The van der Waals surface area contributed by atoms with E-state index in [4.69, 9.17) is 10.8 Å². The average Bonchev–Trinajstić information content (AvgIpc) is 2.78. The monoisotopic (exact) mass is 332 g/mol. The van der Waals surface area contributed by atoms with Crippen molar-refractivity contribution in [3.63, 3.8) is 0 Å². The molecular weight excluding hydrogens is 312 g/mol. The minimum atomic E-state index is 0.302. The Labute approximate surface area is 121 Å². The topological polar surface area (TPSA) is 49.5 Å². The second-order valence-corrected chi connectivity index (χ2v) is 7.40. The van der Waals surface area contributed by atoms with Crippen molar-refractivity contribution < 1.29 is 5.11 Å². The molecule has 18 heavy (non-hydrogen) atoms. The first-order chi connectivity index (χ1) is 8.74. The molecule has 5 heteroatoms. The number of aliphatic hydroxyl groups is 1. The van der Waals surface area contributed by atoms with Gasteiger partial charge in [-0.05, 0) is 59.8 Å². The number of likely N-dealkylation sites (tertiary alicyclic amines) is 1. The molecule has 1 aliphatic heterocycles. The lowest BCUT2D eigenvalue weighted by Crippen LogP contribution is -2.41. The number of halogens is 1. The fraction of sp³-hybridized carbons (Fsp3) is 0.692. The average molecular weight is 333 g/mol. The molecule has 0 aromatic carbocycles. The van der Waals surface area contributed by atoms with Crippen molar-refractivity contribution in [1.29, 1.82) is 0 Å². The van der Waals surface area contributed by atoms with Crippen molar-refractivity contribution in [3.8, 4) is 0 Å². The van der Waals surface area contributed by atoms with Crippen LogP contribution in [0.15, 0.2) is 15.9 Å². The van der Waals surface area contributed by atoms with Crippen LogP contribution in [0.3, 0.4) is 0 Å². The van der Waals surface area contributed by atoms with Gasteiger partial charge in [-0.25, -0.2) is 0 Å². The molecule has 2 rings (SSSR count). The molecule has 0 radical (unpaired) electrons. The molecule has 2 heterocycles. The second-order valence-electron chi connectivity index (χ2n) is 4.91. The highest BCUT2D eigenvalue weighted by molar-refractivity contribution is 9.11. The van der Waals surface area contributed by atoms with E-state index in [0.717, 1.165) is 19.5 Å². The molecule has 1 aliphatic rings. The maximum Gasteiger partial charge on any atom is 0.0702 e. The SMILES string of the molecule is NCC(c1ccc(Br)s1)N1CCCC(CCO)C1. The number of thiophene rings is 1. The van der Waals surface area contributed by atoms with E-state index in [2.05, 4.69) is 33.0 Å². The molecule has 102 valence electrons. The zero-order valence-corrected chi connectivity index (χ0v) is 12.9. The van der Waals surface area contributed by atoms with Gasteiger partial charge in [-0.3, -0.25) is 4.90 Å². The highest BCUT2D eigenvalue weighted by Gasteiger charge is 2.26. The summed E-state index contributed by atoms with van der Waals surface area (Å²) < 4.78 is 1.17. The molecule has 2 unspecified atom stereocenters.